The highest BCUT2D eigenvalue weighted by Gasteiger charge is 2.26. The Bertz CT molecular complexity index is 608. The van der Waals surface area contributed by atoms with Gasteiger partial charge in [0.2, 0.25) is 11.8 Å². The van der Waals surface area contributed by atoms with Gasteiger partial charge in [0.25, 0.3) is 0 Å². The van der Waals surface area contributed by atoms with Crippen LogP contribution in [0.4, 0.5) is 5.13 Å². The van der Waals surface area contributed by atoms with Crippen molar-refractivity contribution < 1.29 is 9.59 Å². The van der Waals surface area contributed by atoms with E-state index in [-0.39, 0.29) is 11.8 Å². The van der Waals surface area contributed by atoms with Gasteiger partial charge < -0.3 is 9.80 Å². The molecule has 6 nitrogen and oxygen atoms in total. The van der Waals surface area contributed by atoms with Gasteiger partial charge in [-0.15, -0.1) is 11.3 Å². The molecule has 1 aromatic heterocycles. The lowest BCUT2D eigenvalue weighted by Gasteiger charge is -2.32. The predicted molar refractivity (Wildman–Crippen MR) is 99.9 cm³/mol. The fourth-order valence-electron chi connectivity index (χ4n) is 3.53. The normalized spacial score (nSPS) is 19.2. The van der Waals surface area contributed by atoms with Crippen molar-refractivity contribution in [1.29, 1.82) is 0 Å². The van der Waals surface area contributed by atoms with Crippen LogP contribution >= 0.6 is 11.3 Å². The third-order valence-electron chi connectivity index (χ3n) is 5.13. The first-order valence-corrected chi connectivity index (χ1v) is 10.1. The standard InChI is InChI=1S/C18H28N4O2S/c1-20(2)9-5-14-6-10-21(11-7-14)17(24)12-15-13-25-18(19-15)22-8-3-4-16(22)23/h13-14H,3-12H2,1-2H3. The van der Waals surface area contributed by atoms with E-state index >= 15 is 0 Å². The van der Waals surface area contributed by atoms with E-state index in [2.05, 4.69) is 24.0 Å². The van der Waals surface area contributed by atoms with Crippen LogP contribution in [0.1, 0.15) is 37.8 Å². The molecule has 2 fully saturated rings. The first kappa shape index (κ1) is 18.3. The van der Waals surface area contributed by atoms with Crippen molar-refractivity contribution in [3.63, 3.8) is 0 Å². The molecule has 0 bridgehead atoms. The second-order valence-corrected chi connectivity index (χ2v) is 8.20. The summed E-state index contributed by atoms with van der Waals surface area (Å²) < 4.78 is 0. The van der Waals surface area contributed by atoms with E-state index < -0.39 is 0 Å². The van der Waals surface area contributed by atoms with Crippen LogP contribution in [-0.4, -0.2) is 66.9 Å². The van der Waals surface area contributed by atoms with Gasteiger partial charge in [-0.25, -0.2) is 4.98 Å². The fraction of sp³-hybridized carbons (Fsp3) is 0.722. The molecule has 0 atom stereocenters. The van der Waals surface area contributed by atoms with E-state index in [1.54, 1.807) is 4.90 Å². The average molecular weight is 365 g/mol. The van der Waals surface area contributed by atoms with Crippen LogP contribution in [0.15, 0.2) is 5.38 Å². The van der Waals surface area contributed by atoms with Crippen molar-refractivity contribution in [1.82, 2.24) is 14.8 Å². The molecule has 0 saturated carbocycles. The third-order valence-corrected chi connectivity index (χ3v) is 6.04. The number of piperidine rings is 1. The number of aromatic nitrogens is 1. The fourth-order valence-corrected chi connectivity index (χ4v) is 4.40. The summed E-state index contributed by atoms with van der Waals surface area (Å²) in [5, 5.41) is 2.66. The summed E-state index contributed by atoms with van der Waals surface area (Å²) in [6.45, 7) is 3.59. The molecule has 2 amide bonds. The Labute approximate surface area is 153 Å². The smallest absolute Gasteiger partial charge is 0.228 e. The Morgan fingerprint density at radius 2 is 2.08 bits per heavy atom. The molecule has 0 radical (unpaired) electrons. The van der Waals surface area contributed by atoms with Gasteiger partial charge in [-0.3, -0.25) is 14.5 Å². The van der Waals surface area contributed by atoms with Crippen LogP contribution in [0.3, 0.4) is 0 Å². The third kappa shape index (κ3) is 4.79. The first-order chi connectivity index (χ1) is 12.0. The predicted octanol–water partition coefficient (Wildman–Crippen LogP) is 2.00. The van der Waals surface area contributed by atoms with Gasteiger partial charge in [0.1, 0.15) is 0 Å². The molecule has 2 aliphatic rings. The topological polar surface area (TPSA) is 56.8 Å². The number of likely N-dealkylation sites (tertiary alicyclic amines) is 1. The summed E-state index contributed by atoms with van der Waals surface area (Å²) in [6.07, 6.45) is 5.27. The number of carbonyl (C=O) groups is 2. The van der Waals surface area contributed by atoms with Gasteiger partial charge in [-0.1, -0.05) is 0 Å². The van der Waals surface area contributed by atoms with Crippen molar-refractivity contribution in [2.45, 2.75) is 38.5 Å². The molecule has 2 saturated heterocycles. The zero-order chi connectivity index (χ0) is 17.8. The molecule has 0 aliphatic carbocycles. The molecule has 0 spiro atoms. The molecule has 3 rings (SSSR count). The van der Waals surface area contributed by atoms with Crippen LogP contribution in [0.2, 0.25) is 0 Å². The zero-order valence-electron chi connectivity index (χ0n) is 15.2. The van der Waals surface area contributed by atoms with Crippen LogP contribution in [0, 0.1) is 5.92 Å². The van der Waals surface area contributed by atoms with Gasteiger partial charge in [-0.2, -0.15) is 0 Å². The van der Waals surface area contributed by atoms with Gasteiger partial charge in [0, 0.05) is 31.4 Å². The number of carbonyl (C=O) groups excluding carboxylic acids is 2. The first-order valence-electron chi connectivity index (χ1n) is 9.20. The molecule has 2 aliphatic heterocycles. The summed E-state index contributed by atoms with van der Waals surface area (Å²) in [5.74, 6) is 1.04. The molecule has 0 N–H and O–H groups in total. The zero-order valence-corrected chi connectivity index (χ0v) is 16.1. The summed E-state index contributed by atoms with van der Waals surface area (Å²) in [5.41, 5.74) is 0.791. The van der Waals surface area contributed by atoms with E-state index in [1.165, 1.54) is 17.8 Å². The van der Waals surface area contributed by atoms with Gasteiger partial charge >= 0.3 is 0 Å². The number of nitrogens with zero attached hydrogens (tertiary/aromatic N) is 4. The Morgan fingerprint density at radius 3 is 2.72 bits per heavy atom. The van der Waals surface area contributed by atoms with Crippen LogP contribution in [0.5, 0.6) is 0 Å². The summed E-state index contributed by atoms with van der Waals surface area (Å²) in [4.78, 5) is 34.8. The lowest BCUT2D eigenvalue weighted by atomic mass is 9.93. The van der Waals surface area contributed by atoms with Crippen molar-refractivity contribution in [2.24, 2.45) is 5.92 Å². The van der Waals surface area contributed by atoms with Gasteiger partial charge in [0.15, 0.2) is 5.13 Å². The number of thiazole rings is 1. The van der Waals surface area contributed by atoms with E-state index in [0.717, 1.165) is 62.2 Å². The molecule has 1 aromatic rings. The maximum Gasteiger partial charge on any atom is 0.228 e. The van der Waals surface area contributed by atoms with Crippen molar-refractivity contribution in [3.8, 4) is 0 Å². The van der Waals surface area contributed by atoms with E-state index in [0.29, 0.717) is 12.8 Å². The number of amides is 2. The van der Waals surface area contributed by atoms with Crippen molar-refractivity contribution in [3.05, 3.63) is 11.1 Å². The summed E-state index contributed by atoms with van der Waals surface area (Å²) >= 11 is 1.47. The van der Waals surface area contributed by atoms with E-state index in [4.69, 9.17) is 0 Å². The number of anilines is 1. The number of rotatable bonds is 6. The minimum absolute atomic E-state index is 0.145. The maximum absolute atomic E-state index is 12.5. The average Bonchev–Trinajstić information content (AvgIpc) is 3.22. The quantitative estimate of drug-likeness (QED) is 0.775. The molecular weight excluding hydrogens is 336 g/mol. The molecule has 0 aromatic carbocycles. The summed E-state index contributed by atoms with van der Waals surface area (Å²) in [7, 11) is 4.22. The Morgan fingerprint density at radius 1 is 1.32 bits per heavy atom. The highest BCUT2D eigenvalue weighted by Crippen LogP contribution is 2.26. The van der Waals surface area contributed by atoms with E-state index in [1.807, 2.05) is 10.3 Å². The Kier molecular flexibility index (Phi) is 6.06. The largest absolute Gasteiger partial charge is 0.342 e. The Hall–Kier alpha value is -1.47. The number of hydrogen-bond donors (Lipinski definition) is 0. The second-order valence-electron chi connectivity index (χ2n) is 7.36. The van der Waals surface area contributed by atoms with Gasteiger partial charge in [0.05, 0.1) is 12.1 Å². The lowest BCUT2D eigenvalue weighted by Crippen LogP contribution is -2.39. The molecule has 3 heterocycles. The highest BCUT2D eigenvalue weighted by molar-refractivity contribution is 7.14. The molecule has 138 valence electrons. The highest BCUT2D eigenvalue weighted by atomic mass is 32.1. The second kappa shape index (κ2) is 8.27. The molecule has 0 unspecified atom stereocenters. The van der Waals surface area contributed by atoms with Crippen LogP contribution in [0.25, 0.3) is 0 Å². The van der Waals surface area contributed by atoms with Crippen LogP contribution in [-0.2, 0) is 16.0 Å². The van der Waals surface area contributed by atoms with Crippen LogP contribution < -0.4 is 4.90 Å². The monoisotopic (exact) mass is 364 g/mol. The maximum atomic E-state index is 12.5. The summed E-state index contributed by atoms with van der Waals surface area (Å²) in [6, 6.07) is 0. The number of hydrogen-bond acceptors (Lipinski definition) is 5. The molecule has 25 heavy (non-hydrogen) atoms. The SMILES string of the molecule is CN(C)CCC1CCN(C(=O)Cc2csc(N3CCCC3=O)n2)CC1. The Balaban J connectivity index is 1.47. The minimum Gasteiger partial charge on any atom is -0.342 e. The molecular formula is C18H28N4O2S. The molecule has 7 heteroatoms. The van der Waals surface area contributed by atoms with Gasteiger partial charge in [-0.05, 0) is 52.2 Å². The van der Waals surface area contributed by atoms with Crippen molar-refractivity contribution in [2.75, 3.05) is 45.2 Å². The van der Waals surface area contributed by atoms with Crippen molar-refractivity contribution >= 4 is 28.3 Å². The minimum atomic E-state index is 0.145. The van der Waals surface area contributed by atoms with E-state index in [9.17, 15) is 9.59 Å². The lowest BCUT2D eigenvalue weighted by molar-refractivity contribution is -0.132.